The number of nitrogens with one attached hydrogen (secondary N) is 1. The molecule has 0 aromatic heterocycles. The fraction of sp³-hybridized carbons (Fsp3) is 0.651. The van der Waals surface area contributed by atoms with E-state index in [-0.39, 0.29) is 17.3 Å². The summed E-state index contributed by atoms with van der Waals surface area (Å²) in [6.45, 7) is 19.1. The summed E-state index contributed by atoms with van der Waals surface area (Å²) in [5.74, 6) is 0.503. The molecular formula is C43H61ClN4O5S. The van der Waals surface area contributed by atoms with Gasteiger partial charge in [0.2, 0.25) is 10.0 Å². The van der Waals surface area contributed by atoms with Gasteiger partial charge in [-0.25, -0.2) is 13.1 Å². The lowest BCUT2D eigenvalue weighted by molar-refractivity contribution is -0.115. The van der Waals surface area contributed by atoms with E-state index in [1.54, 1.807) is 13.0 Å². The van der Waals surface area contributed by atoms with Gasteiger partial charge < -0.3 is 14.4 Å². The molecule has 2 fully saturated rings. The molecule has 296 valence electrons. The first-order valence-corrected chi connectivity index (χ1v) is 22.3. The molecule has 2 aromatic rings. The summed E-state index contributed by atoms with van der Waals surface area (Å²) >= 11 is 6.52. The second-order valence-corrected chi connectivity index (χ2v) is 19.8. The van der Waals surface area contributed by atoms with E-state index in [0.717, 1.165) is 87.8 Å². The number of amides is 1. The smallest absolute Gasteiger partial charge is 0.264 e. The van der Waals surface area contributed by atoms with Gasteiger partial charge in [-0.1, -0.05) is 36.7 Å². The lowest BCUT2D eigenvalue weighted by Crippen LogP contribution is -2.61. The molecule has 1 N–H and O–H groups in total. The number of aryl methyl sites for hydroxylation is 1. The highest BCUT2D eigenvalue weighted by Gasteiger charge is 2.50. The van der Waals surface area contributed by atoms with Crippen molar-refractivity contribution in [3.05, 3.63) is 70.3 Å². The molecule has 7 rings (SSSR count). The van der Waals surface area contributed by atoms with Crippen molar-refractivity contribution in [1.29, 1.82) is 0 Å². The maximum Gasteiger partial charge on any atom is 0.264 e. The van der Waals surface area contributed by atoms with Crippen molar-refractivity contribution in [2.45, 2.75) is 108 Å². The summed E-state index contributed by atoms with van der Waals surface area (Å²) in [5, 5.41) is -0.0251. The number of hydrogen-bond donors (Lipinski definition) is 1. The number of fused-ring (bicyclic) bond motifs is 4. The molecule has 11 heteroatoms. The van der Waals surface area contributed by atoms with Gasteiger partial charge in [0.1, 0.15) is 11.4 Å². The summed E-state index contributed by atoms with van der Waals surface area (Å²) in [4.78, 5) is 21.3. The van der Waals surface area contributed by atoms with Gasteiger partial charge in [-0.3, -0.25) is 14.6 Å². The number of nitrogens with zero attached hydrogens (tertiary/aromatic N) is 3. The molecule has 9 nitrogen and oxygen atoms in total. The van der Waals surface area contributed by atoms with Gasteiger partial charge in [0.25, 0.3) is 5.91 Å². The van der Waals surface area contributed by atoms with E-state index >= 15 is 0 Å². The lowest BCUT2D eigenvalue weighted by Gasteiger charge is -2.53. The molecule has 3 heterocycles. The highest BCUT2D eigenvalue weighted by molar-refractivity contribution is 7.90. The predicted octanol–water partition coefficient (Wildman–Crippen LogP) is 7.07. The van der Waals surface area contributed by atoms with E-state index in [0.29, 0.717) is 43.2 Å². The fourth-order valence-corrected chi connectivity index (χ4v) is 11.8. The van der Waals surface area contributed by atoms with Crippen LogP contribution in [0.4, 0.5) is 5.69 Å². The molecule has 2 aliphatic carbocycles. The molecule has 1 amide bonds. The number of halogens is 1. The van der Waals surface area contributed by atoms with E-state index in [4.69, 9.17) is 21.1 Å². The van der Waals surface area contributed by atoms with Crippen molar-refractivity contribution in [3.63, 3.8) is 0 Å². The molecular weight excluding hydrogens is 720 g/mol. The van der Waals surface area contributed by atoms with Gasteiger partial charge in [0, 0.05) is 74.0 Å². The highest BCUT2D eigenvalue weighted by atomic mass is 35.5. The zero-order chi connectivity index (χ0) is 38.4. The van der Waals surface area contributed by atoms with Crippen molar-refractivity contribution in [3.8, 4) is 5.75 Å². The SMILES string of the molecule is CCO[C@]1(CN2CCN(C(C)C)[C@H](C)C2)/C=C/C[C@H](C)[C@@H](C)S(=O)(=O)NC(=O)c2ccc3c(c2)N(C[C@@H]2CC[C@H]21)C[C@@]1(CCCc2cc(Cl)ccc21)CO3. The van der Waals surface area contributed by atoms with E-state index in [9.17, 15) is 13.2 Å². The Balaban J connectivity index is 1.31. The number of carbonyl (C=O) groups is 1. The minimum absolute atomic E-state index is 0.217. The molecule has 1 saturated heterocycles. The number of benzene rings is 2. The monoisotopic (exact) mass is 780 g/mol. The van der Waals surface area contributed by atoms with E-state index < -0.39 is 26.8 Å². The quantitative estimate of drug-likeness (QED) is 0.323. The number of rotatable bonds is 5. The number of anilines is 1. The molecule has 1 saturated carbocycles. The molecule has 3 aliphatic heterocycles. The van der Waals surface area contributed by atoms with Crippen LogP contribution in [-0.2, 0) is 26.6 Å². The fourth-order valence-electron chi connectivity index (χ4n) is 10.3. The van der Waals surface area contributed by atoms with Crippen LogP contribution in [0.1, 0.15) is 95.1 Å². The molecule has 7 atom stereocenters. The largest absolute Gasteiger partial charge is 0.490 e. The Morgan fingerprint density at radius 3 is 2.61 bits per heavy atom. The second-order valence-electron chi connectivity index (χ2n) is 17.3. The number of piperazine rings is 1. The minimum atomic E-state index is -3.96. The number of carbonyl (C=O) groups excluding carboxylic acids is 1. The Bertz CT molecular complexity index is 1840. The van der Waals surface area contributed by atoms with Crippen molar-refractivity contribution in [2.24, 2.45) is 17.8 Å². The van der Waals surface area contributed by atoms with Crippen LogP contribution in [0.15, 0.2) is 48.6 Å². The third kappa shape index (κ3) is 7.71. The second kappa shape index (κ2) is 15.7. The summed E-state index contributed by atoms with van der Waals surface area (Å²) < 4.78 is 43.5. The zero-order valence-electron chi connectivity index (χ0n) is 33.2. The molecule has 0 unspecified atom stereocenters. The molecule has 2 bridgehead atoms. The van der Waals surface area contributed by atoms with E-state index in [1.807, 2.05) is 25.1 Å². The summed E-state index contributed by atoms with van der Waals surface area (Å²) in [6.07, 6.45) is 10.2. The highest BCUT2D eigenvalue weighted by Crippen LogP contribution is 2.49. The van der Waals surface area contributed by atoms with Crippen LogP contribution in [-0.4, -0.2) is 99.5 Å². The van der Waals surface area contributed by atoms with Crippen molar-refractivity contribution in [2.75, 3.05) is 57.4 Å². The summed E-state index contributed by atoms with van der Waals surface area (Å²) in [7, 11) is -3.96. The maximum absolute atomic E-state index is 13.7. The van der Waals surface area contributed by atoms with Crippen molar-refractivity contribution in [1.82, 2.24) is 14.5 Å². The third-order valence-corrected chi connectivity index (χ3v) is 15.7. The molecule has 1 spiro atoms. The molecule has 0 radical (unpaired) electrons. The van der Waals surface area contributed by atoms with Gasteiger partial charge >= 0.3 is 0 Å². The van der Waals surface area contributed by atoms with Crippen LogP contribution in [0.25, 0.3) is 0 Å². The van der Waals surface area contributed by atoms with Crippen LogP contribution < -0.4 is 14.4 Å². The Morgan fingerprint density at radius 1 is 1.07 bits per heavy atom. The molecule has 5 aliphatic rings. The first-order chi connectivity index (χ1) is 25.7. The first-order valence-electron chi connectivity index (χ1n) is 20.4. The summed E-state index contributed by atoms with van der Waals surface area (Å²) in [5.41, 5.74) is 2.93. The predicted molar refractivity (Wildman–Crippen MR) is 217 cm³/mol. The van der Waals surface area contributed by atoms with Crippen molar-refractivity contribution >= 4 is 33.2 Å². The van der Waals surface area contributed by atoms with Gasteiger partial charge in [-0.15, -0.1) is 0 Å². The average molecular weight is 782 g/mol. The zero-order valence-corrected chi connectivity index (χ0v) is 34.7. The Hall–Kier alpha value is -2.63. The van der Waals surface area contributed by atoms with Crippen LogP contribution in [0, 0.1) is 17.8 Å². The van der Waals surface area contributed by atoms with Crippen molar-refractivity contribution < 1.29 is 22.7 Å². The van der Waals surface area contributed by atoms with Crippen LogP contribution in [0.3, 0.4) is 0 Å². The Kier molecular flexibility index (Phi) is 11.5. The van der Waals surface area contributed by atoms with Gasteiger partial charge in [-0.2, -0.15) is 0 Å². The Labute approximate surface area is 328 Å². The number of hydrogen-bond acceptors (Lipinski definition) is 8. The number of ether oxygens (including phenoxy) is 2. The lowest BCUT2D eigenvalue weighted by atomic mass is 9.63. The summed E-state index contributed by atoms with van der Waals surface area (Å²) in [6, 6.07) is 12.6. The van der Waals surface area contributed by atoms with Gasteiger partial charge in [0.15, 0.2) is 0 Å². The van der Waals surface area contributed by atoms with E-state index in [2.05, 4.69) is 71.4 Å². The minimum Gasteiger partial charge on any atom is -0.490 e. The normalized spacial score (nSPS) is 33.9. The number of sulfonamides is 1. The topological polar surface area (TPSA) is 91.4 Å². The standard InChI is InChI=1S/C43H61ClN4O5S/c1-7-53-43(27-46-20-21-48(29(2)3)31(5)24-46)19-8-10-30(4)32(6)54(50,51)45-41(49)34-13-17-40-39(23-34)47(25-35-12-15-38(35)43)26-42(28-52-40)18-9-11-33-22-36(44)14-16-37(33)42/h8,13-14,16-17,19,22-23,29-32,35,38H,7,9-12,15,18,20-21,24-28H2,1-6H3,(H,45,49)/b19-8+/t30-,31+,32+,35-,38+,42-,43-/m0/s1. The van der Waals surface area contributed by atoms with Gasteiger partial charge in [-0.05, 0) is 132 Å². The van der Waals surface area contributed by atoms with Crippen LogP contribution in [0.5, 0.6) is 5.75 Å². The van der Waals surface area contributed by atoms with Crippen LogP contribution in [0.2, 0.25) is 5.02 Å². The number of allylic oxidation sites excluding steroid dienone is 1. The molecule has 2 aromatic carbocycles. The third-order valence-electron chi connectivity index (χ3n) is 13.5. The van der Waals surface area contributed by atoms with Gasteiger partial charge in [0.05, 0.1) is 17.5 Å². The Morgan fingerprint density at radius 2 is 1.89 bits per heavy atom. The van der Waals surface area contributed by atoms with E-state index in [1.165, 1.54) is 11.1 Å². The van der Waals surface area contributed by atoms with Crippen LogP contribution >= 0.6 is 11.6 Å². The first kappa shape index (κ1) is 39.6. The molecule has 54 heavy (non-hydrogen) atoms. The maximum atomic E-state index is 13.7. The average Bonchev–Trinajstić information content (AvgIpc) is 3.25.